The lowest BCUT2D eigenvalue weighted by Gasteiger charge is -2.40. The monoisotopic (exact) mass is 268 g/mol. The zero-order valence-electron chi connectivity index (χ0n) is 10.9. The number of aliphatic carboxylic acids is 1. The molecule has 2 rings (SSSR count). The summed E-state index contributed by atoms with van der Waals surface area (Å²) in [5, 5.41) is 12.3. The average Bonchev–Trinajstić information content (AvgIpc) is 2.70. The molecule has 0 amide bonds. The molecule has 1 aliphatic rings. The molecule has 0 saturated carbocycles. The summed E-state index contributed by atoms with van der Waals surface area (Å²) in [4.78, 5) is 17.7. The highest BCUT2D eigenvalue weighted by molar-refractivity contribution is 7.09. The van der Waals surface area contributed by atoms with Crippen LogP contribution in [-0.4, -0.2) is 34.0 Å². The Kier molecular flexibility index (Phi) is 4.35. The molecule has 5 heteroatoms. The van der Waals surface area contributed by atoms with Gasteiger partial charge in [0.15, 0.2) is 0 Å². The van der Waals surface area contributed by atoms with E-state index in [1.807, 2.05) is 0 Å². The molecule has 1 N–H and O–H groups in total. The molecular formula is C13H20N2O2S. The quantitative estimate of drug-likeness (QED) is 0.859. The molecule has 1 unspecified atom stereocenters. The summed E-state index contributed by atoms with van der Waals surface area (Å²) in [6.07, 6.45) is 2.19. The van der Waals surface area contributed by atoms with E-state index in [9.17, 15) is 4.79 Å². The number of carboxylic acids is 1. The fraction of sp³-hybridized carbons (Fsp3) is 0.692. The fourth-order valence-electron chi connectivity index (χ4n) is 2.24. The van der Waals surface area contributed by atoms with Crippen LogP contribution in [0.4, 0.5) is 0 Å². The van der Waals surface area contributed by atoms with E-state index in [0.717, 1.165) is 38.2 Å². The molecule has 1 aromatic rings. The Balaban J connectivity index is 1.77. The third kappa shape index (κ3) is 3.09. The van der Waals surface area contributed by atoms with Gasteiger partial charge in [0.1, 0.15) is 0 Å². The largest absolute Gasteiger partial charge is 0.481 e. The first-order chi connectivity index (χ1) is 8.60. The molecule has 18 heavy (non-hydrogen) atoms. The molecule has 4 nitrogen and oxygen atoms in total. The first-order valence-corrected chi connectivity index (χ1v) is 7.36. The van der Waals surface area contributed by atoms with Crippen LogP contribution in [0.5, 0.6) is 0 Å². The van der Waals surface area contributed by atoms with Gasteiger partial charge in [-0.05, 0) is 18.8 Å². The van der Waals surface area contributed by atoms with Gasteiger partial charge in [0, 0.05) is 25.0 Å². The number of hydrogen-bond acceptors (Lipinski definition) is 4. The van der Waals surface area contributed by atoms with Crippen LogP contribution >= 0.6 is 11.3 Å². The predicted molar refractivity (Wildman–Crippen MR) is 71.7 cm³/mol. The van der Waals surface area contributed by atoms with Gasteiger partial charge in [-0.3, -0.25) is 9.69 Å². The van der Waals surface area contributed by atoms with Crippen LogP contribution < -0.4 is 0 Å². The van der Waals surface area contributed by atoms with Crippen molar-refractivity contribution in [2.24, 2.45) is 11.8 Å². The van der Waals surface area contributed by atoms with Gasteiger partial charge in [0.25, 0.3) is 0 Å². The summed E-state index contributed by atoms with van der Waals surface area (Å²) < 4.78 is 0. The molecule has 100 valence electrons. The molecular weight excluding hydrogens is 248 g/mol. The summed E-state index contributed by atoms with van der Waals surface area (Å²) in [6.45, 7) is 6.59. The van der Waals surface area contributed by atoms with Crippen LogP contribution in [0, 0.1) is 11.8 Å². The minimum atomic E-state index is -0.682. The number of rotatable bonds is 6. The van der Waals surface area contributed by atoms with Crippen molar-refractivity contribution in [1.82, 2.24) is 9.88 Å². The molecule has 1 fully saturated rings. The Labute approximate surface area is 112 Å². The highest BCUT2D eigenvalue weighted by Crippen LogP contribution is 2.26. The van der Waals surface area contributed by atoms with Crippen molar-refractivity contribution >= 4 is 17.3 Å². The minimum Gasteiger partial charge on any atom is -0.481 e. The van der Waals surface area contributed by atoms with Gasteiger partial charge in [0.05, 0.1) is 16.6 Å². The molecule has 1 saturated heterocycles. The Morgan fingerprint density at radius 2 is 2.39 bits per heavy atom. The lowest BCUT2D eigenvalue weighted by Crippen LogP contribution is -2.50. The first-order valence-electron chi connectivity index (χ1n) is 6.48. The molecule has 2 heterocycles. The maximum absolute atomic E-state index is 10.8. The van der Waals surface area contributed by atoms with E-state index in [1.165, 1.54) is 5.01 Å². The van der Waals surface area contributed by atoms with Crippen LogP contribution in [0.2, 0.25) is 0 Å². The maximum atomic E-state index is 10.8. The minimum absolute atomic E-state index is 0.229. The number of aryl methyl sites for hydroxylation is 1. The maximum Gasteiger partial charge on any atom is 0.306 e. The highest BCUT2D eigenvalue weighted by Gasteiger charge is 2.34. The second kappa shape index (κ2) is 5.80. The Morgan fingerprint density at radius 1 is 1.67 bits per heavy atom. The molecule has 0 aliphatic carbocycles. The van der Waals surface area contributed by atoms with Crippen LogP contribution in [0.25, 0.3) is 0 Å². The Hall–Kier alpha value is -0.940. The van der Waals surface area contributed by atoms with Crippen molar-refractivity contribution in [3.8, 4) is 0 Å². The number of likely N-dealkylation sites (tertiary alicyclic amines) is 1. The predicted octanol–water partition coefficient (Wildman–Crippen LogP) is 2.25. The van der Waals surface area contributed by atoms with E-state index in [1.54, 1.807) is 18.3 Å². The van der Waals surface area contributed by atoms with Crippen molar-refractivity contribution in [3.05, 3.63) is 16.1 Å². The number of hydrogen-bond donors (Lipinski definition) is 1. The number of aromatic nitrogens is 1. The number of thiazole rings is 1. The van der Waals surface area contributed by atoms with Crippen LogP contribution in [0.3, 0.4) is 0 Å². The lowest BCUT2D eigenvalue weighted by atomic mass is 9.87. The molecule has 0 spiro atoms. The van der Waals surface area contributed by atoms with Crippen LogP contribution in [0.1, 0.15) is 31.0 Å². The standard InChI is InChI=1S/C13H20N2O2S/c1-3-4-12-14-11(8-18-12)7-15-5-10(6-15)9(2)13(16)17/h8-10H,3-7H2,1-2H3,(H,16,17). The van der Waals surface area contributed by atoms with Gasteiger partial charge in [-0.2, -0.15) is 0 Å². The second-order valence-corrected chi connectivity index (χ2v) is 6.01. The molecule has 1 aromatic heterocycles. The molecule has 0 radical (unpaired) electrons. The van der Waals surface area contributed by atoms with Crippen molar-refractivity contribution in [1.29, 1.82) is 0 Å². The van der Waals surface area contributed by atoms with Gasteiger partial charge in [-0.25, -0.2) is 4.98 Å². The fourth-order valence-corrected chi connectivity index (χ4v) is 3.13. The zero-order chi connectivity index (χ0) is 13.1. The lowest BCUT2D eigenvalue weighted by molar-refractivity contribution is -0.145. The summed E-state index contributed by atoms with van der Waals surface area (Å²) in [6, 6.07) is 0. The van der Waals surface area contributed by atoms with Crippen molar-refractivity contribution in [2.45, 2.75) is 33.2 Å². The number of carbonyl (C=O) groups is 1. The highest BCUT2D eigenvalue weighted by atomic mass is 32.1. The van der Waals surface area contributed by atoms with E-state index in [2.05, 4.69) is 22.2 Å². The second-order valence-electron chi connectivity index (χ2n) is 5.06. The number of carboxylic acid groups (broad SMARTS) is 1. The van der Waals surface area contributed by atoms with Crippen LogP contribution in [0.15, 0.2) is 5.38 Å². The molecule has 0 aromatic carbocycles. The third-order valence-corrected chi connectivity index (χ3v) is 4.49. The third-order valence-electron chi connectivity index (χ3n) is 3.53. The SMILES string of the molecule is CCCc1nc(CN2CC(C(C)C(=O)O)C2)cs1. The first kappa shape index (κ1) is 13.5. The van der Waals surface area contributed by atoms with Gasteiger partial charge < -0.3 is 5.11 Å². The van der Waals surface area contributed by atoms with Gasteiger partial charge >= 0.3 is 5.97 Å². The molecule has 0 bridgehead atoms. The summed E-state index contributed by atoms with van der Waals surface area (Å²) in [7, 11) is 0. The Bertz CT molecular complexity index is 413. The van der Waals surface area contributed by atoms with E-state index in [-0.39, 0.29) is 5.92 Å². The summed E-state index contributed by atoms with van der Waals surface area (Å²) in [5.74, 6) is -0.609. The average molecular weight is 268 g/mol. The van der Waals surface area contributed by atoms with E-state index >= 15 is 0 Å². The van der Waals surface area contributed by atoms with E-state index in [4.69, 9.17) is 5.11 Å². The van der Waals surface area contributed by atoms with E-state index in [0.29, 0.717) is 5.92 Å². The van der Waals surface area contributed by atoms with E-state index < -0.39 is 5.97 Å². The van der Waals surface area contributed by atoms with Gasteiger partial charge in [0.2, 0.25) is 0 Å². The molecule has 1 atom stereocenters. The number of nitrogens with zero attached hydrogens (tertiary/aromatic N) is 2. The van der Waals surface area contributed by atoms with Gasteiger partial charge in [-0.15, -0.1) is 11.3 Å². The smallest absolute Gasteiger partial charge is 0.306 e. The summed E-state index contributed by atoms with van der Waals surface area (Å²) >= 11 is 1.73. The van der Waals surface area contributed by atoms with Gasteiger partial charge in [-0.1, -0.05) is 13.8 Å². The van der Waals surface area contributed by atoms with Crippen molar-refractivity contribution in [2.75, 3.05) is 13.1 Å². The zero-order valence-corrected chi connectivity index (χ0v) is 11.7. The summed E-state index contributed by atoms with van der Waals surface area (Å²) in [5.41, 5.74) is 1.13. The molecule has 1 aliphatic heterocycles. The van der Waals surface area contributed by atoms with Crippen molar-refractivity contribution in [3.63, 3.8) is 0 Å². The Morgan fingerprint density at radius 3 is 3.00 bits per heavy atom. The van der Waals surface area contributed by atoms with Crippen LogP contribution in [-0.2, 0) is 17.8 Å². The van der Waals surface area contributed by atoms with Crippen molar-refractivity contribution < 1.29 is 9.90 Å². The normalized spacial score (nSPS) is 18.6. The topological polar surface area (TPSA) is 53.4 Å².